The fourth-order valence-corrected chi connectivity index (χ4v) is 2.45. The number of hydrogen-bond acceptors (Lipinski definition) is 4. The van der Waals surface area contributed by atoms with E-state index in [0.29, 0.717) is 12.5 Å². The van der Waals surface area contributed by atoms with E-state index >= 15 is 0 Å². The Hall–Kier alpha value is -3.28. The first kappa shape index (κ1) is 17.5. The van der Waals surface area contributed by atoms with Crippen LogP contribution in [0.25, 0.3) is 0 Å². The van der Waals surface area contributed by atoms with E-state index in [2.05, 4.69) is 20.6 Å². The van der Waals surface area contributed by atoms with Crippen molar-refractivity contribution in [3.05, 3.63) is 89.5 Å². The van der Waals surface area contributed by atoms with Crippen molar-refractivity contribution in [3.63, 3.8) is 0 Å². The summed E-state index contributed by atoms with van der Waals surface area (Å²) in [6, 6.07) is 17.5. The minimum absolute atomic E-state index is 0.00808. The molecule has 0 aliphatic carbocycles. The molecule has 2 aromatic carbocycles. The highest BCUT2D eigenvalue weighted by Gasteiger charge is 2.11. The number of hydrogen-bond donors (Lipinski definition) is 2. The number of aromatic nitrogens is 2. The van der Waals surface area contributed by atoms with E-state index in [0.717, 1.165) is 11.1 Å². The molecule has 0 aliphatic rings. The van der Waals surface area contributed by atoms with Crippen LogP contribution >= 0.6 is 0 Å². The molecule has 0 saturated heterocycles. The van der Waals surface area contributed by atoms with Crippen LogP contribution in [0, 0.1) is 5.82 Å². The fraction of sp³-hybridized carbons (Fsp3) is 0.150. The van der Waals surface area contributed by atoms with Crippen LogP contribution in [0.3, 0.4) is 0 Å². The lowest BCUT2D eigenvalue weighted by Gasteiger charge is -2.14. The second-order valence-corrected chi connectivity index (χ2v) is 5.85. The molecule has 0 fully saturated rings. The molecule has 5 nitrogen and oxygen atoms in total. The zero-order valence-electron chi connectivity index (χ0n) is 14.3. The minimum Gasteiger partial charge on any atom is -0.348 e. The van der Waals surface area contributed by atoms with Crippen LogP contribution in [0.2, 0.25) is 0 Å². The molecule has 1 unspecified atom stereocenters. The maximum Gasteiger partial charge on any atom is 0.270 e. The van der Waals surface area contributed by atoms with Crippen LogP contribution in [-0.2, 0) is 6.54 Å². The smallest absolute Gasteiger partial charge is 0.270 e. The van der Waals surface area contributed by atoms with Crippen LogP contribution in [0.1, 0.15) is 34.6 Å². The monoisotopic (exact) mass is 350 g/mol. The first-order valence-corrected chi connectivity index (χ1v) is 8.29. The van der Waals surface area contributed by atoms with Crippen LogP contribution < -0.4 is 10.6 Å². The Bertz CT molecular complexity index is 868. The average Bonchev–Trinajstić information content (AvgIpc) is 2.68. The summed E-state index contributed by atoms with van der Waals surface area (Å²) in [5, 5.41) is 5.96. The van der Waals surface area contributed by atoms with E-state index in [1.165, 1.54) is 12.1 Å². The van der Waals surface area contributed by atoms with Crippen LogP contribution in [0.4, 0.5) is 10.3 Å². The van der Waals surface area contributed by atoms with Gasteiger partial charge in [0.2, 0.25) is 5.95 Å². The Balaban J connectivity index is 1.62. The van der Waals surface area contributed by atoms with E-state index in [9.17, 15) is 9.18 Å². The van der Waals surface area contributed by atoms with Crippen molar-refractivity contribution in [2.75, 3.05) is 5.32 Å². The van der Waals surface area contributed by atoms with E-state index in [4.69, 9.17) is 0 Å². The lowest BCUT2D eigenvalue weighted by molar-refractivity contribution is 0.0946. The Morgan fingerprint density at radius 2 is 1.81 bits per heavy atom. The standard InChI is InChI=1S/C20H19FN4O/c1-14(16-5-3-2-4-6-16)24-20-22-12-11-18(25-20)19(26)23-13-15-7-9-17(21)10-8-15/h2-12,14H,13H2,1H3,(H,23,26)(H,22,24,25). The van der Waals surface area contributed by atoms with Gasteiger partial charge in [0.1, 0.15) is 11.5 Å². The molecule has 1 amide bonds. The average molecular weight is 350 g/mol. The van der Waals surface area contributed by atoms with Gasteiger partial charge in [0.05, 0.1) is 6.04 Å². The lowest BCUT2D eigenvalue weighted by atomic mass is 10.1. The Morgan fingerprint density at radius 1 is 1.08 bits per heavy atom. The van der Waals surface area contributed by atoms with Gasteiger partial charge in [-0.1, -0.05) is 42.5 Å². The number of benzene rings is 2. The number of carbonyl (C=O) groups excluding carboxylic acids is 1. The first-order chi connectivity index (χ1) is 12.6. The van der Waals surface area contributed by atoms with Crippen molar-refractivity contribution in [2.45, 2.75) is 19.5 Å². The zero-order chi connectivity index (χ0) is 18.4. The van der Waals surface area contributed by atoms with Crippen molar-refractivity contribution in [1.82, 2.24) is 15.3 Å². The molecule has 0 saturated carbocycles. The molecule has 2 N–H and O–H groups in total. The highest BCUT2D eigenvalue weighted by atomic mass is 19.1. The Morgan fingerprint density at radius 3 is 2.54 bits per heavy atom. The van der Waals surface area contributed by atoms with Crippen LogP contribution in [0.15, 0.2) is 66.9 Å². The van der Waals surface area contributed by atoms with Crippen LogP contribution in [0.5, 0.6) is 0 Å². The summed E-state index contributed by atoms with van der Waals surface area (Å²) < 4.78 is 12.9. The molecule has 26 heavy (non-hydrogen) atoms. The fourth-order valence-electron chi connectivity index (χ4n) is 2.45. The Kier molecular flexibility index (Phi) is 5.53. The normalized spacial score (nSPS) is 11.6. The maximum atomic E-state index is 12.9. The Labute approximate surface area is 151 Å². The molecule has 3 aromatic rings. The van der Waals surface area contributed by atoms with Crippen molar-refractivity contribution in [1.29, 1.82) is 0 Å². The lowest BCUT2D eigenvalue weighted by Crippen LogP contribution is -2.24. The van der Waals surface area contributed by atoms with E-state index in [-0.39, 0.29) is 23.5 Å². The van der Waals surface area contributed by atoms with Gasteiger partial charge in [0.25, 0.3) is 5.91 Å². The first-order valence-electron chi connectivity index (χ1n) is 8.29. The number of nitrogens with zero attached hydrogens (tertiary/aromatic N) is 2. The molecule has 6 heteroatoms. The molecule has 0 bridgehead atoms. The predicted octanol–water partition coefficient (Wildman–Crippen LogP) is 3.72. The summed E-state index contributed by atoms with van der Waals surface area (Å²) >= 11 is 0. The molecule has 1 aromatic heterocycles. The van der Waals surface area contributed by atoms with Crippen LogP contribution in [-0.4, -0.2) is 15.9 Å². The van der Waals surface area contributed by atoms with E-state index in [1.54, 1.807) is 24.4 Å². The van der Waals surface area contributed by atoms with Crippen molar-refractivity contribution >= 4 is 11.9 Å². The second-order valence-electron chi connectivity index (χ2n) is 5.85. The number of halogens is 1. The van der Waals surface area contributed by atoms with Gasteiger partial charge in [0, 0.05) is 12.7 Å². The summed E-state index contributed by atoms with van der Waals surface area (Å²) in [5.74, 6) is -0.234. The molecular weight excluding hydrogens is 331 g/mol. The summed E-state index contributed by atoms with van der Waals surface area (Å²) in [6.45, 7) is 2.30. The topological polar surface area (TPSA) is 66.9 Å². The van der Waals surface area contributed by atoms with Gasteiger partial charge in [-0.25, -0.2) is 14.4 Å². The molecular formula is C20H19FN4O. The number of rotatable bonds is 6. The number of amides is 1. The van der Waals surface area contributed by atoms with Gasteiger partial charge in [-0.2, -0.15) is 0 Å². The number of nitrogens with one attached hydrogen (secondary N) is 2. The predicted molar refractivity (Wildman–Crippen MR) is 98.1 cm³/mol. The molecule has 1 atom stereocenters. The van der Waals surface area contributed by atoms with Crippen molar-refractivity contribution in [3.8, 4) is 0 Å². The highest BCUT2D eigenvalue weighted by Crippen LogP contribution is 2.16. The largest absolute Gasteiger partial charge is 0.348 e. The number of anilines is 1. The summed E-state index contributed by atoms with van der Waals surface area (Å²) in [7, 11) is 0. The molecule has 0 radical (unpaired) electrons. The molecule has 0 spiro atoms. The molecule has 132 valence electrons. The van der Waals surface area contributed by atoms with Gasteiger partial charge >= 0.3 is 0 Å². The van der Waals surface area contributed by atoms with Crippen molar-refractivity contribution in [2.24, 2.45) is 0 Å². The van der Waals surface area contributed by atoms with E-state index < -0.39 is 0 Å². The molecule has 0 aliphatic heterocycles. The molecule has 3 rings (SSSR count). The quantitative estimate of drug-likeness (QED) is 0.711. The summed E-state index contributed by atoms with van der Waals surface area (Å²) in [6.07, 6.45) is 1.54. The summed E-state index contributed by atoms with van der Waals surface area (Å²) in [4.78, 5) is 20.7. The third kappa shape index (κ3) is 4.63. The van der Waals surface area contributed by atoms with E-state index in [1.807, 2.05) is 37.3 Å². The van der Waals surface area contributed by atoms with Gasteiger partial charge in [-0.3, -0.25) is 4.79 Å². The van der Waals surface area contributed by atoms with Crippen molar-refractivity contribution < 1.29 is 9.18 Å². The third-order valence-electron chi connectivity index (χ3n) is 3.90. The maximum absolute atomic E-state index is 12.9. The summed E-state index contributed by atoms with van der Waals surface area (Å²) in [5.41, 5.74) is 2.18. The van der Waals surface area contributed by atoms with Gasteiger partial charge in [-0.05, 0) is 36.2 Å². The second kappa shape index (κ2) is 8.20. The van der Waals surface area contributed by atoms with Gasteiger partial charge in [-0.15, -0.1) is 0 Å². The van der Waals surface area contributed by atoms with Gasteiger partial charge in [0.15, 0.2) is 0 Å². The SMILES string of the molecule is CC(Nc1nccc(C(=O)NCc2ccc(F)cc2)n1)c1ccccc1. The van der Waals surface area contributed by atoms with Gasteiger partial charge < -0.3 is 10.6 Å². The highest BCUT2D eigenvalue weighted by molar-refractivity contribution is 5.92. The third-order valence-corrected chi connectivity index (χ3v) is 3.90. The minimum atomic E-state index is -0.313. The number of carbonyl (C=O) groups is 1. The molecule has 1 heterocycles. The zero-order valence-corrected chi connectivity index (χ0v) is 14.3.